The normalized spacial score (nSPS) is 12.3. The number of benzene rings is 1. The van der Waals surface area contributed by atoms with E-state index in [0.717, 1.165) is 5.69 Å². The van der Waals surface area contributed by atoms with E-state index in [0.29, 0.717) is 22.2 Å². The zero-order valence-corrected chi connectivity index (χ0v) is 14.0. The van der Waals surface area contributed by atoms with Crippen molar-refractivity contribution in [1.29, 1.82) is 0 Å². The first-order chi connectivity index (χ1) is 10.9. The largest absolute Gasteiger partial charge is 0.494 e. The molecule has 0 fully saturated rings. The third-order valence-electron chi connectivity index (χ3n) is 3.87. The van der Waals surface area contributed by atoms with Crippen molar-refractivity contribution in [2.75, 3.05) is 14.2 Å². The van der Waals surface area contributed by atoms with Crippen molar-refractivity contribution in [2.24, 2.45) is 5.92 Å². The summed E-state index contributed by atoms with van der Waals surface area (Å²) >= 11 is 0. The van der Waals surface area contributed by atoms with Crippen LogP contribution in [0.4, 0.5) is 0 Å². The molecule has 2 rings (SSSR count). The van der Waals surface area contributed by atoms with Crippen LogP contribution in [-0.2, 0) is 9.53 Å². The van der Waals surface area contributed by atoms with Crippen molar-refractivity contribution in [2.45, 2.75) is 26.7 Å². The Balaban J connectivity index is 2.62. The Morgan fingerprint density at radius 3 is 2.30 bits per heavy atom. The third kappa shape index (κ3) is 3.18. The van der Waals surface area contributed by atoms with Crippen LogP contribution in [0, 0.1) is 5.92 Å². The summed E-state index contributed by atoms with van der Waals surface area (Å²) in [6, 6.07) is 7.12. The van der Waals surface area contributed by atoms with E-state index in [1.165, 1.54) is 7.11 Å². The second-order valence-corrected chi connectivity index (χ2v) is 5.71. The van der Waals surface area contributed by atoms with Crippen molar-refractivity contribution < 1.29 is 19.1 Å². The number of Topliss-reactive ketones (excluding diaryl/α,β-unsaturated/α-hetero) is 1. The number of ether oxygens (including phenoxy) is 2. The highest BCUT2D eigenvalue weighted by atomic mass is 16.5. The Bertz CT molecular complexity index is 752. The fourth-order valence-electron chi connectivity index (χ4n) is 2.43. The Morgan fingerprint density at radius 1 is 1.04 bits per heavy atom. The maximum Gasteiger partial charge on any atom is 0.316 e. The monoisotopic (exact) mass is 315 g/mol. The summed E-state index contributed by atoms with van der Waals surface area (Å²) in [6.07, 6.45) is 0. The minimum absolute atomic E-state index is 0.262. The molecule has 0 amide bonds. The molecule has 1 aromatic carbocycles. The summed E-state index contributed by atoms with van der Waals surface area (Å²) in [4.78, 5) is 28.9. The minimum Gasteiger partial charge on any atom is -0.494 e. The molecule has 0 N–H and O–H groups in total. The SMILES string of the molecule is COC(=O)C(C)C(=O)c1ccc(OC)c2nc(C(C)C)ccc12. The van der Waals surface area contributed by atoms with E-state index >= 15 is 0 Å². The molecule has 0 saturated heterocycles. The van der Waals surface area contributed by atoms with Crippen molar-refractivity contribution >= 4 is 22.7 Å². The van der Waals surface area contributed by atoms with Gasteiger partial charge in [-0.2, -0.15) is 0 Å². The van der Waals surface area contributed by atoms with Gasteiger partial charge in [0, 0.05) is 16.6 Å². The van der Waals surface area contributed by atoms with Crippen LogP contribution >= 0.6 is 0 Å². The highest BCUT2D eigenvalue weighted by Crippen LogP contribution is 2.30. The molecule has 5 nitrogen and oxygen atoms in total. The third-order valence-corrected chi connectivity index (χ3v) is 3.87. The van der Waals surface area contributed by atoms with Gasteiger partial charge in [0.2, 0.25) is 0 Å². The number of carbonyl (C=O) groups excluding carboxylic acids is 2. The molecule has 0 aliphatic heterocycles. The molecule has 2 aromatic rings. The van der Waals surface area contributed by atoms with Crippen LogP contribution in [0.25, 0.3) is 10.9 Å². The molecule has 0 bridgehead atoms. The number of methoxy groups -OCH3 is 2. The minimum atomic E-state index is -0.860. The molecule has 1 heterocycles. The van der Waals surface area contributed by atoms with Crippen molar-refractivity contribution in [3.8, 4) is 5.75 Å². The van der Waals surface area contributed by atoms with Crippen molar-refractivity contribution in [3.63, 3.8) is 0 Å². The molecule has 23 heavy (non-hydrogen) atoms. The number of hydrogen-bond acceptors (Lipinski definition) is 5. The zero-order chi connectivity index (χ0) is 17.1. The Hall–Kier alpha value is -2.43. The molecule has 5 heteroatoms. The van der Waals surface area contributed by atoms with E-state index in [-0.39, 0.29) is 11.7 Å². The maximum atomic E-state index is 12.6. The number of pyridine rings is 1. The molecule has 122 valence electrons. The molecule has 0 spiro atoms. The second kappa shape index (κ2) is 6.77. The first kappa shape index (κ1) is 16.9. The van der Waals surface area contributed by atoms with Crippen LogP contribution in [-0.4, -0.2) is 31.0 Å². The van der Waals surface area contributed by atoms with Gasteiger partial charge in [-0.3, -0.25) is 9.59 Å². The Kier molecular flexibility index (Phi) is 4.98. The average molecular weight is 315 g/mol. The topological polar surface area (TPSA) is 65.5 Å². The van der Waals surface area contributed by atoms with Gasteiger partial charge < -0.3 is 9.47 Å². The van der Waals surface area contributed by atoms with Gasteiger partial charge in [0.25, 0.3) is 0 Å². The van der Waals surface area contributed by atoms with Crippen LogP contribution in [0.2, 0.25) is 0 Å². The summed E-state index contributed by atoms with van der Waals surface area (Å²) in [5.41, 5.74) is 1.99. The van der Waals surface area contributed by atoms with Gasteiger partial charge in [-0.25, -0.2) is 4.98 Å². The van der Waals surface area contributed by atoms with Crippen molar-refractivity contribution in [3.05, 3.63) is 35.5 Å². The van der Waals surface area contributed by atoms with E-state index < -0.39 is 11.9 Å². The van der Waals surface area contributed by atoms with E-state index in [1.54, 1.807) is 26.2 Å². The van der Waals surface area contributed by atoms with E-state index in [4.69, 9.17) is 4.74 Å². The van der Waals surface area contributed by atoms with Crippen LogP contribution in [0.1, 0.15) is 42.7 Å². The molecule has 1 aromatic heterocycles. The number of carbonyl (C=O) groups is 2. The van der Waals surface area contributed by atoms with Gasteiger partial charge in [0.05, 0.1) is 14.2 Å². The highest BCUT2D eigenvalue weighted by molar-refractivity contribution is 6.15. The molecule has 0 aliphatic carbocycles. The smallest absolute Gasteiger partial charge is 0.316 e. The molecule has 0 aliphatic rings. The second-order valence-electron chi connectivity index (χ2n) is 5.71. The Labute approximate surface area is 135 Å². The fourth-order valence-corrected chi connectivity index (χ4v) is 2.43. The van der Waals surface area contributed by atoms with Gasteiger partial charge in [0.1, 0.15) is 17.2 Å². The van der Waals surface area contributed by atoms with Gasteiger partial charge in [-0.05, 0) is 31.0 Å². The van der Waals surface area contributed by atoms with Gasteiger partial charge in [0.15, 0.2) is 5.78 Å². The summed E-state index contributed by atoms with van der Waals surface area (Å²) in [5, 5.41) is 0.675. The van der Waals surface area contributed by atoms with Crippen molar-refractivity contribution in [1.82, 2.24) is 4.98 Å². The Morgan fingerprint density at radius 2 is 1.74 bits per heavy atom. The molecule has 1 unspecified atom stereocenters. The van der Waals surface area contributed by atoms with Crippen LogP contribution in [0.5, 0.6) is 5.75 Å². The van der Waals surface area contributed by atoms with Gasteiger partial charge in [-0.1, -0.05) is 19.9 Å². The van der Waals surface area contributed by atoms with E-state index in [2.05, 4.69) is 23.6 Å². The number of hydrogen-bond donors (Lipinski definition) is 0. The van der Waals surface area contributed by atoms with Crippen LogP contribution in [0.3, 0.4) is 0 Å². The summed E-state index contributed by atoms with van der Waals surface area (Å²) in [7, 11) is 2.84. The summed E-state index contributed by atoms with van der Waals surface area (Å²) in [6.45, 7) is 5.64. The zero-order valence-electron chi connectivity index (χ0n) is 14.0. The molecular weight excluding hydrogens is 294 g/mol. The maximum absolute atomic E-state index is 12.6. The standard InChI is InChI=1S/C18H21NO4/c1-10(2)14-8-6-12-13(17(20)11(3)18(21)23-5)7-9-15(22-4)16(12)19-14/h6-11H,1-5H3. The van der Waals surface area contributed by atoms with Crippen LogP contribution in [0.15, 0.2) is 24.3 Å². The van der Waals surface area contributed by atoms with Gasteiger partial charge in [-0.15, -0.1) is 0 Å². The number of fused-ring (bicyclic) bond motifs is 1. The number of nitrogens with zero attached hydrogens (tertiary/aromatic N) is 1. The van der Waals surface area contributed by atoms with E-state index in [9.17, 15) is 9.59 Å². The first-order valence-corrected chi connectivity index (χ1v) is 7.50. The predicted octanol–water partition coefficient (Wildman–Crippen LogP) is 3.36. The average Bonchev–Trinajstić information content (AvgIpc) is 2.58. The number of rotatable bonds is 5. The lowest BCUT2D eigenvalue weighted by atomic mass is 9.95. The van der Waals surface area contributed by atoms with E-state index in [1.807, 2.05) is 12.1 Å². The predicted molar refractivity (Wildman–Crippen MR) is 87.9 cm³/mol. The number of ketones is 1. The quantitative estimate of drug-likeness (QED) is 0.481. The highest BCUT2D eigenvalue weighted by Gasteiger charge is 2.26. The van der Waals surface area contributed by atoms with Crippen LogP contribution < -0.4 is 4.74 Å². The number of aromatic nitrogens is 1. The molecule has 0 radical (unpaired) electrons. The lowest BCUT2D eigenvalue weighted by Crippen LogP contribution is -2.22. The lowest BCUT2D eigenvalue weighted by Gasteiger charge is -2.14. The lowest BCUT2D eigenvalue weighted by molar-refractivity contribution is -0.143. The summed E-state index contributed by atoms with van der Waals surface area (Å²) < 4.78 is 10.0. The fraction of sp³-hybridized carbons (Fsp3) is 0.389. The first-order valence-electron chi connectivity index (χ1n) is 7.50. The molecule has 1 atom stereocenters. The number of esters is 1. The molecular formula is C18H21NO4. The van der Waals surface area contributed by atoms with Gasteiger partial charge >= 0.3 is 5.97 Å². The molecule has 0 saturated carbocycles. The summed E-state index contributed by atoms with van der Waals surface area (Å²) in [5.74, 6) is -0.835.